The standard InChI is InChI=1S/C24H18N2O4S2/c1-2-6-20-22(27)21(23(28)26-24(20)31)14-17-11-9-16(10-12-17)13-19(15-25)32(29,30)18-7-4-3-5-8-18/h2-5,7-14,20H,1,6H2,(H,26,28,31)/b19-13+,21-14-. The number of rotatable bonds is 6. The molecule has 32 heavy (non-hydrogen) atoms. The van der Waals surface area contributed by atoms with Crippen molar-refractivity contribution >= 4 is 50.9 Å². The van der Waals surface area contributed by atoms with Crippen molar-refractivity contribution in [1.82, 2.24) is 5.32 Å². The normalized spacial score (nSPS) is 18.2. The van der Waals surface area contributed by atoms with Gasteiger partial charge in [0, 0.05) is 0 Å². The molecule has 1 N–H and O–H groups in total. The Bertz CT molecular complexity index is 1300. The first-order valence-corrected chi connectivity index (χ1v) is 11.4. The summed E-state index contributed by atoms with van der Waals surface area (Å²) >= 11 is 5.09. The summed E-state index contributed by atoms with van der Waals surface area (Å²) in [7, 11) is -3.94. The van der Waals surface area contributed by atoms with Gasteiger partial charge in [0.15, 0.2) is 5.78 Å². The Morgan fingerprint density at radius 2 is 1.72 bits per heavy atom. The number of thiocarbonyl (C=S) groups is 1. The molecule has 1 aliphatic rings. The highest BCUT2D eigenvalue weighted by Gasteiger charge is 2.35. The number of hydrogen-bond acceptors (Lipinski definition) is 6. The number of hydrogen-bond donors (Lipinski definition) is 1. The summed E-state index contributed by atoms with van der Waals surface area (Å²) in [4.78, 5) is 24.7. The molecule has 1 heterocycles. The SMILES string of the molecule is C=CCC1C(=O)/C(=C/c2ccc(/C=C(\C#N)S(=O)(=O)c3ccccc3)cc2)C(=O)NC1=S. The van der Waals surface area contributed by atoms with Gasteiger partial charge in [-0.1, -0.05) is 60.8 Å². The number of ketones is 1. The number of nitrogens with zero attached hydrogens (tertiary/aromatic N) is 1. The molecule has 0 aliphatic carbocycles. The van der Waals surface area contributed by atoms with E-state index < -0.39 is 26.6 Å². The molecule has 0 saturated carbocycles. The van der Waals surface area contributed by atoms with E-state index in [9.17, 15) is 23.3 Å². The molecule has 0 radical (unpaired) electrons. The van der Waals surface area contributed by atoms with Crippen LogP contribution in [0.4, 0.5) is 0 Å². The molecule has 0 bridgehead atoms. The zero-order chi connectivity index (χ0) is 23.3. The first kappa shape index (κ1) is 23.0. The van der Waals surface area contributed by atoms with Crippen LogP contribution in [-0.2, 0) is 19.4 Å². The predicted octanol–water partition coefficient (Wildman–Crippen LogP) is 3.63. The molecule has 1 fully saturated rings. The highest BCUT2D eigenvalue weighted by molar-refractivity contribution is 7.95. The van der Waals surface area contributed by atoms with E-state index >= 15 is 0 Å². The van der Waals surface area contributed by atoms with Gasteiger partial charge in [-0.25, -0.2) is 8.42 Å². The van der Waals surface area contributed by atoms with Crippen molar-refractivity contribution in [2.75, 3.05) is 0 Å². The van der Waals surface area contributed by atoms with Gasteiger partial charge in [-0.15, -0.1) is 6.58 Å². The lowest BCUT2D eigenvalue weighted by atomic mass is 9.89. The van der Waals surface area contributed by atoms with E-state index in [1.54, 1.807) is 54.6 Å². The Labute approximate surface area is 191 Å². The fourth-order valence-electron chi connectivity index (χ4n) is 3.11. The van der Waals surface area contributed by atoms with Crippen molar-refractivity contribution in [2.24, 2.45) is 5.92 Å². The highest BCUT2D eigenvalue weighted by atomic mass is 32.2. The molecule has 3 rings (SSSR count). The van der Waals surface area contributed by atoms with E-state index in [1.165, 1.54) is 24.3 Å². The number of piperidine rings is 1. The molecule has 0 spiro atoms. The number of nitrogens with one attached hydrogen (secondary N) is 1. The largest absolute Gasteiger partial charge is 0.316 e. The zero-order valence-electron chi connectivity index (χ0n) is 16.8. The molecule has 2 aromatic carbocycles. The molecular formula is C24H18N2O4S2. The predicted molar refractivity (Wildman–Crippen MR) is 126 cm³/mol. The Kier molecular flexibility index (Phi) is 6.93. The second-order valence-electron chi connectivity index (χ2n) is 6.92. The zero-order valence-corrected chi connectivity index (χ0v) is 18.4. The Morgan fingerprint density at radius 3 is 2.31 bits per heavy atom. The van der Waals surface area contributed by atoms with Gasteiger partial charge in [0.25, 0.3) is 5.91 Å². The summed E-state index contributed by atoms with van der Waals surface area (Å²) < 4.78 is 25.4. The van der Waals surface area contributed by atoms with Gasteiger partial charge in [-0.05, 0) is 41.8 Å². The summed E-state index contributed by atoms with van der Waals surface area (Å²) in [6.07, 6.45) is 4.62. The highest BCUT2D eigenvalue weighted by Crippen LogP contribution is 2.23. The van der Waals surface area contributed by atoms with Crippen molar-refractivity contribution in [1.29, 1.82) is 5.26 Å². The molecule has 1 atom stereocenters. The molecule has 160 valence electrons. The van der Waals surface area contributed by atoms with Gasteiger partial charge in [0.05, 0.1) is 21.4 Å². The van der Waals surface area contributed by atoms with E-state index in [0.29, 0.717) is 17.5 Å². The third-order valence-electron chi connectivity index (χ3n) is 4.78. The number of allylic oxidation sites excluding steroid dienone is 2. The minimum atomic E-state index is -3.94. The molecule has 1 unspecified atom stereocenters. The number of benzene rings is 2. The van der Waals surface area contributed by atoms with Crippen LogP contribution in [0.1, 0.15) is 17.5 Å². The topological polar surface area (TPSA) is 104 Å². The minimum absolute atomic E-state index is 0.0156. The van der Waals surface area contributed by atoms with Crippen LogP contribution in [0.25, 0.3) is 12.2 Å². The fourth-order valence-corrected chi connectivity index (χ4v) is 4.58. The summed E-state index contributed by atoms with van der Waals surface area (Å²) in [5.41, 5.74) is 1.03. The Balaban J connectivity index is 1.90. The molecule has 1 amide bonds. The second kappa shape index (κ2) is 9.64. The van der Waals surface area contributed by atoms with E-state index in [-0.39, 0.29) is 21.2 Å². The lowest BCUT2D eigenvalue weighted by Crippen LogP contribution is -2.46. The van der Waals surface area contributed by atoms with Crippen LogP contribution in [0.15, 0.2) is 82.6 Å². The van der Waals surface area contributed by atoms with Gasteiger partial charge in [-0.3, -0.25) is 9.59 Å². The lowest BCUT2D eigenvalue weighted by Gasteiger charge is -2.23. The van der Waals surface area contributed by atoms with Gasteiger partial charge in [0.2, 0.25) is 9.84 Å². The third-order valence-corrected chi connectivity index (χ3v) is 6.85. The van der Waals surface area contributed by atoms with Crippen molar-refractivity contribution in [2.45, 2.75) is 11.3 Å². The molecule has 1 aliphatic heterocycles. The summed E-state index contributed by atoms with van der Waals surface area (Å²) in [6.45, 7) is 3.61. The minimum Gasteiger partial charge on any atom is -0.316 e. The molecule has 8 heteroatoms. The van der Waals surface area contributed by atoms with Crippen LogP contribution < -0.4 is 5.32 Å². The van der Waals surface area contributed by atoms with Crippen LogP contribution in [0, 0.1) is 17.2 Å². The van der Waals surface area contributed by atoms with E-state index in [2.05, 4.69) is 11.9 Å². The Morgan fingerprint density at radius 1 is 1.09 bits per heavy atom. The number of sulfone groups is 1. The van der Waals surface area contributed by atoms with Gasteiger partial charge in [0.1, 0.15) is 11.0 Å². The number of nitriles is 1. The smallest absolute Gasteiger partial charge is 0.259 e. The monoisotopic (exact) mass is 462 g/mol. The van der Waals surface area contributed by atoms with Crippen molar-refractivity contribution in [3.8, 4) is 6.07 Å². The quantitative estimate of drug-likeness (QED) is 0.231. The van der Waals surface area contributed by atoms with Gasteiger partial charge >= 0.3 is 0 Å². The fraction of sp³-hybridized carbons (Fsp3) is 0.0833. The number of Topliss-reactive ketones (excluding diaryl/α,β-unsaturated/α-hetero) is 1. The Hall–Kier alpha value is -3.67. The molecule has 0 aromatic heterocycles. The maximum Gasteiger partial charge on any atom is 0.259 e. The maximum absolute atomic E-state index is 12.7. The average molecular weight is 463 g/mol. The first-order valence-electron chi connectivity index (χ1n) is 9.52. The molecule has 6 nitrogen and oxygen atoms in total. The molecule has 2 aromatic rings. The average Bonchev–Trinajstić information content (AvgIpc) is 2.79. The maximum atomic E-state index is 12.7. The lowest BCUT2D eigenvalue weighted by molar-refractivity contribution is -0.124. The van der Waals surface area contributed by atoms with Gasteiger partial charge in [-0.2, -0.15) is 5.26 Å². The van der Waals surface area contributed by atoms with Gasteiger partial charge < -0.3 is 5.32 Å². The summed E-state index contributed by atoms with van der Waals surface area (Å²) in [5.74, 6) is -1.57. The van der Waals surface area contributed by atoms with Crippen LogP contribution in [0.5, 0.6) is 0 Å². The summed E-state index contributed by atoms with van der Waals surface area (Å²) in [5, 5.41) is 11.9. The molecular weight excluding hydrogens is 444 g/mol. The number of amides is 1. The van der Waals surface area contributed by atoms with Crippen LogP contribution in [0.3, 0.4) is 0 Å². The van der Waals surface area contributed by atoms with Crippen molar-refractivity contribution in [3.63, 3.8) is 0 Å². The van der Waals surface area contributed by atoms with E-state index in [1.807, 2.05) is 0 Å². The van der Waals surface area contributed by atoms with Crippen LogP contribution in [-0.4, -0.2) is 25.1 Å². The second-order valence-corrected chi connectivity index (χ2v) is 9.28. The first-order chi connectivity index (χ1) is 15.3. The molecule has 1 saturated heterocycles. The van der Waals surface area contributed by atoms with E-state index in [4.69, 9.17) is 12.2 Å². The van der Waals surface area contributed by atoms with Crippen LogP contribution in [0.2, 0.25) is 0 Å². The summed E-state index contributed by atoms with van der Waals surface area (Å²) in [6, 6.07) is 15.9. The van der Waals surface area contributed by atoms with E-state index in [0.717, 1.165) is 0 Å². The van der Waals surface area contributed by atoms with Crippen LogP contribution >= 0.6 is 12.2 Å². The van der Waals surface area contributed by atoms with Crippen molar-refractivity contribution in [3.05, 3.63) is 88.9 Å². The number of carbonyl (C=O) groups is 2. The third kappa shape index (κ3) is 4.80. The number of carbonyl (C=O) groups excluding carboxylic acids is 2. The van der Waals surface area contributed by atoms with Crippen molar-refractivity contribution < 1.29 is 18.0 Å².